The number of hydrogen-bond donors (Lipinski definition) is 0. The van der Waals surface area contributed by atoms with Crippen molar-refractivity contribution in [1.29, 1.82) is 0 Å². The first-order valence-electron chi connectivity index (χ1n) is 26.5. The maximum absolute atomic E-state index is 12.8. The second kappa shape index (κ2) is 50.3. The van der Waals surface area contributed by atoms with Gasteiger partial charge in [0.25, 0.3) is 0 Å². The van der Waals surface area contributed by atoms with Gasteiger partial charge in [-0.3, -0.25) is 14.4 Å². The summed E-state index contributed by atoms with van der Waals surface area (Å²) >= 11 is 0. The second-order valence-corrected chi connectivity index (χ2v) is 17.8. The Labute approximate surface area is 378 Å². The Bertz CT molecular complexity index is 1030. The standard InChI is InChI=1S/C55H100O6/c1-4-7-10-13-16-19-21-23-25-27-28-29-31-32-34-36-39-42-45-48-54(57)60-51-52(50-59-53(56)47-44-41-38-18-15-12-9-6-3)61-55(58)49-46-43-40-37-35-33-30-26-24-22-20-17-14-11-8-5-2/h16,19,23,25-26,30,52H,4-15,17-18,20-22,24,27-29,31-51H2,1-3H3/b19-16-,25-23-,30-26-. The van der Waals surface area contributed by atoms with Crippen LogP contribution in [-0.2, 0) is 28.6 Å². The normalized spacial score (nSPS) is 12.2. The molecule has 6 nitrogen and oxygen atoms in total. The number of carbonyl (C=O) groups excluding carboxylic acids is 3. The highest BCUT2D eigenvalue weighted by atomic mass is 16.6. The third-order valence-electron chi connectivity index (χ3n) is 11.6. The Balaban J connectivity index is 4.27. The molecule has 0 saturated carbocycles. The van der Waals surface area contributed by atoms with Gasteiger partial charge in [0.2, 0.25) is 0 Å². The van der Waals surface area contributed by atoms with E-state index in [1.807, 2.05) is 0 Å². The van der Waals surface area contributed by atoms with Crippen molar-refractivity contribution in [3.63, 3.8) is 0 Å². The van der Waals surface area contributed by atoms with Crippen molar-refractivity contribution in [2.75, 3.05) is 13.2 Å². The van der Waals surface area contributed by atoms with E-state index >= 15 is 0 Å². The zero-order valence-corrected chi connectivity index (χ0v) is 40.7. The summed E-state index contributed by atoms with van der Waals surface area (Å²) in [6.45, 7) is 6.59. The predicted octanol–water partition coefficient (Wildman–Crippen LogP) is 17.3. The number of esters is 3. The summed E-state index contributed by atoms with van der Waals surface area (Å²) < 4.78 is 16.8. The number of hydrogen-bond acceptors (Lipinski definition) is 6. The van der Waals surface area contributed by atoms with Crippen LogP contribution < -0.4 is 0 Å². The molecule has 0 rings (SSSR count). The van der Waals surface area contributed by atoms with Gasteiger partial charge < -0.3 is 14.2 Å². The molecule has 0 aromatic heterocycles. The third-order valence-corrected chi connectivity index (χ3v) is 11.6. The van der Waals surface area contributed by atoms with Crippen LogP contribution in [0.25, 0.3) is 0 Å². The predicted molar refractivity (Wildman–Crippen MR) is 261 cm³/mol. The number of rotatable bonds is 48. The largest absolute Gasteiger partial charge is 0.462 e. The van der Waals surface area contributed by atoms with E-state index in [1.54, 1.807) is 0 Å². The molecule has 0 bridgehead atoms. The lowest BCUT2D eigenvalue weighted by Gasteiger charge is -2.18. The Kier molecular flexibility index (Phi) is 48.3. The smallest absolute Gasteiger partial charge is 0.306 e. The lowest BCUT2D eigenvalue weighted by Crippen LogP contribution is -2.30. The summed E-state index contributed by atoms with van der Waals surface area (Å²) in [6, 6.07) is 0. The fourth-order valence-corrected chi connectivity index (χ4v) is 7.59. The monoisotopic (exact) mass is 857 g/mol. The van der Waals surface area contributed by atoms with Crippen LogP contribution in [0.5, 0.6) is 0 Å². The van der Waals surface area contributed by atoms with Crippen LogP contribution in [0.4, 0.5) is 0 Å². The summed E-state index contributed by atoms with van der Waals surface area (Å²) in [4.78, 5) is 37.9. The quantitative estimate of drug-likeness (QED) is 0.0262. The molecule has 356 valence electrons. The highest BCUT2D eigenvalue weighted by Gasteiger charge is 2.19. The summed E-state index contributed by atoms with van der Waals surface area (Å²) in [5.74, 6) is -0.882. The van der Waals surface area contributed by atoms with Crippen LogP contribution in [-0.4, -0.2) is 37.2 Å². The Morgan fingerprint density at radius 3 is 0.951 bits per heavy atom. The van der Waals surface area contributed by atoms with Crippen molar-refractivity contribution in [1.82, 2.24) is 0 Å². The van der Waals surface area contributed by atoms with Gasteiger partial charge in [-0.2, -0.15) is 0 Å². The molecule has 0 aliphatic carbocycles. The highest BCUT2D eigenvalue weighted by molar-refractivity contribution is 5.71. The zero-order chi connectivity index (χ0) is 44.4. The fraction of sp³-hybridized carbons (Fsp3) is 0.836. The van der Waals surface area contributed by atoms with Crippen LogP contribution >= 0.6 is 0 Å². The van der Waals surface area contributed by atoms with Gasteiger partial charge in [-0.05, 0) is 77.0 Å². The van der Waals surface area contributed by atoms with E-state index in [9.17, 15) is 14.4 Å². The zero-order valence-electron chi connectivity index (χ0n) is 40.7. The summed E-state index contributed by atoms with van der Waals surface area (Å²) in [7, 11) is 0. The van der Waals surface area contributed by atoms with Crippen molar-refractivity contribution < 1.29 is 28.6 Å². The minimum absolute atomic E-state index is 0.0745. The van der Waals surface area contributed by atoms with Gasteiger partial charge >= 0.3 is 17.9 Å². The lowest BCUT2D eigenvalue weighted by molar-refractivity contribution is -0.167. The molecule has 0 aliphatic heterocycles. The Morgan fingerprint density at radius 1 is 0.328 bits per heavy atom. The first-order chi connectivity index (χ1) is 30.0. The molecule has 0 amide bonds. The van der Waals surface area contributed by atoms with Crippen LogP contribution in [0, 0.1) is 0 Å². The van der Waals surface area contributed by atoms with Gasteiger partial charge in [-0.15, -0.1) is 0 Å². The Hall–Kier alpha value is -2.37. The van der Waals surface area contributed by atoms with Gasteiger partial charge in [-0.25, -0.2) is 0 Å². The minimum Gasteiger partial charge on any atom is -0.462 e. The molecule has 0 aromatic carbocycles. The highest BCUT2D eigenvalue weighted by Crippen LogP contribution is 2.15. The average molecular weight is 857 g/mol. The first-order valence-corrected chi connectivity index (χ1v) is 26.5. The summed E-state index contributed by atoms with van der Waals surface area (Å²) in [6.07, 6.45) is 58.5. The number of unbranched alkanes of at least 4 members (excludes halogenated alkanes) is 31. The fourth-order valence-electron chi connectivity index (χ4n) is 7.59. The lowest BCUT2D eigenvalue weighted by atomic mass is 10.1. The number of allylic oxidation sites excluding steroid dienone is 6. The molecule has 0 spiro atoms. The molecule has 0 aliphatic rings. The topological polar surface area (TPSA) is 78.9 Å². The van der Waals surface area contributed by atoms with Crippen LogP contribution in [0.1, 0.15) is 278 Å². The van der Waals surface area contributed by atoms with Crippen LogP contribution in [0.15, 0.2) is 36.5 Å². The molecule has 0 aromatic rings. The van der Waals surface area contributed by atoms with E-state index in [0.717, 1.165) is 70.6 Å². The molecule has 1 atom stereocenters. The van der Waals surface area contributed by atoms with Crippen LogP contribution in [0.3, 0.4) is 0 Å². The third kappa shape index (κ3) is 48.5. The summed E-state index contributed by atoms with van der Waals surface area (Å²) in [5, 5.41) is 0. The van der Waals surface area contributed by atoms with Gasteiger partial charge in [0.1, 0.15) is 13.2 Å². The van der Waals surface area contributed by atoms with Gasteiger partial charge in [-0.1, -0.05) is 218 Å². The molecule has 61 heavy (non-hydrogen) atoms. The van der Waals surface area contributed by atoms with E-state index in [1.165, 1.54) is 167 Å². The van der Waals surface area contributed by atoms with Gasteiger partial charge in [0.15, 0.2) is 6.10 Å². The van der Waals surface area contributed by atoms with E-state index in [4.69, 9.17) is 14.2 Å². The van der Waals surface area contributed by atoms with Crippen molar-refractivity contribution in [2.24, 2.45) is 0 Å². The SMILES string of the molecule is CCCCC/C=C\C/C=C\CCCCCCCCCCCC(=O)OCC(COC(=O)CCCCCCCCCC)OC(=O)CCCCCCC/C=C\CCCCCCCCC. The maximum atomic E-state index is 12.8. The van der Waals surface area contributed by atoms with Gasteiger partial charge in [0.05, 0.1) is 0 Å². The van der Waals surface area contributed by atoms with E-state index < -0.39 is 6.10 Å². The molecule has 0 saturated heterocycles. The molecule has 0 N–H and O–H groups in total. The molecule has 0 radical (unpaired) electrons. The number of ether oxygens (including phenoxy) is 3. The van der Waals surface area contributed by atoms with Crippen molar-refractivity contribution in [2.45, 2.75) is 284 Å². The average Bonchev–Trinajstić information content (AvgIpc) is 3.26. The van der Waals surface area contributed by atoms with Crippen molar-refractivity contribution in [3.8, 4) is 0 Å². The van der Waals surface area contributed by atoms with Crippen LogP contribution in [0.2, 0.25) is 0 Å². The maximum Gasteiger partial charge on any atom is 0.306 e. The molecule has 0 fully saturated rings. The molecule has 6 heteroatoms. The molecular formula is C55H100O6. The summed E-state index contributed by atoms with van der Waals surface area (Å²) in [5.41, 5.74) is 0. The Morgan fingerprint density at radius 2 is 0.590 bits per heavy atom. The van der Waals surface area contributed by atoms with E-state index in [2.05, 4.69) is 57.2 Å². The van der Waals surface area contributed by atoms with Gasteiger partial charge in [0, 0.05) is 19.3 Å². The van der Waals surface area contributed by atoms with Crippen molar-refractivity contribution in [3.05, 3.63) is 36.5 Å². The van der Waals surface area contributed by atoms with Crippen molar-refractivity contribution >= 4 is 17.9 Å². The minimum atomic E-state index is -0.773. The first kappa shape index (κ1) is 58.6. The number of carbonyl (C=O) groups is 3. The molecular weight excluding hydrogens is 757 g/mol. The molecule has 1 unspecified atom stereocenters. The second-order valence-electron chi connectivity index (χ2n) is 17.8. The molecule has 0 heterocycles. The van der Waals surface area contributed by atoms with E-state index in [0.29, 0.717) is 19.3 Å². The van der Waals surface area contributed by atoms with E-state index in [-0.39, 0.29) is 31.1 Å².